The zero-order valence-electron chi connectivity index (χ0n) is 19.6. The lowest BCUT2D eigenvalue weighted by molar-refractivity contribution is -0.148. The van der Waals surface area contributed by atoms with Crippen molar-refractivity contribution in [2.75, 3.05) is 32.7 Å². The number of nitrogens with one attached hydrogen (secondary N) is 1. The molecule has 1 saturated heterocycles. The van der Waals surface area contributed by atoms with Crippen molar-refractivity contribution in [3.63, 3.8) is 0 Å². The van der Waals surface area contributed by atoms with Crippen LogP contribution in [0.2, 0.25) is 0 Å². The van der Waals surface area contributed by atoms with Crippen LogP contribution in [-0.2, 0) is 20.8 Å². The average molecular weight is 452 g/mol. The summed E-state index contributed by atoms with van der Waals surface area (Å²) in [7, 11) is 0. The fourth-order valence-electron chi connectivity index (χ4n) is 7.30. The first-order valence-electron chi connectivity index (χ1n) is 12.9. The Morgan fingerprint density at radius 3 is 1.94 bits per heavy atom. The van der Waals surface area contributed by atoms with Gasteiger partial charge in [-0.15, -0.1) is 0 Å². The summed E-state index contributed by atoms with van der Waals surface area (Å²) in [6, 6.07) is 10.2. The van der Waals surface area contributed by atoms with Crippen molar-refractivity contribution in [3.05, 3.63) is 35.9 Å². The van der Waals surface area contributed by atoms with Crippen LogP contribution in [0.25, 0.3) is 0 Å². The summed E-state index contributed by atoms with van der Waals surface area (Å²) in [6.45, 7) is 2.36. The van der Waals surface area contributed by atoms with E-state index in [0.29, 0.717) is 32.6 Å². The zero-order valence-corrected chi connectivity index (χ0v) is 19.6. The number of piperazine rings is 1. The van der Waals surface area contributed by atoms with Gasteiger partial charge in [-0.1, -0.05) is 30.3 Å². The van der Waals surface area contributed by atoms with Gasteiger partial charge >= 0.3 is 0 Å². The van der Waals surface area contributed by atoms with Gasteiger partial charge in [0.1, 0.15) is 0 Å². The van der Waals surface area contributed by atoms with Crippen molar-refractivity contribution in [3.8, 4) is 0 Å². The number of hydrogen-bond donors (Lipinski definition) is 1. The summed E-state index contributed by atoms with van der Waals surface area (Å²) >= 11 is 0. The van der Waals surface area contributed by atoms with Crippen molar-refractivity contribution in [2.24, 2.45) is 23.2 Å². The molecule has 0 radical (unpaired) electrons. The molecule has 1 heterocycles. The Morgan fingerprint density at radius 2 is 1.36 bits per heavy atom. The quantitative estimate of drug-likeness (QED) is 0.693. The molecule has 1 aromatic rings. The zero-order chi connectivity index (χ0) is 22.8. The van der Waals surface area contributed by atoms with Gasteiger partial charge in [-0.3, -0.25) is 14.4 Å². The third-order valence-electron chi connectivity index (χ3n) is 8.60. The Labute approximate surface area is 197 Å². The number of rotatable bonds is 7. The van der Waals surface area contributed by atoms with E-state index in [0.717, 1.165) is 49.9 Å². The Morgan fingerprint density at radius 1 is 0.818 bits per heavy atom. The highest BCUT2D eigenvalue weighted by molar-refractivity contribution is 5.88. The van der Waals surface area contributed by atoms with E-state index < -0.39 is 0 Å². The molecule has 4 aliphatic carbocycles. The topological polar surface area (TPSA) is 69.7 Å². The second-order valence-corrected chi connectivity index (χ2v) is 11.0. The Hall–Kier alpha value is -2.37. The van der Waals surface area contributed by atoms with Crippen molar-refractivity contribution >= 4 is 17.7 Å². The van der Waals surface area contributed by atoms with Crippen molar-refractivity contribution in [1.29, 1.82) is 0 Å². The third kappa shape index (κ3) is 4.95. The number of carbonyl (C=O) groups is 3. The molecule has 5 fully saturated rings. The lowest BCUT2D eigenvalue weighted by atomic mass is 9.49. The Balaban J connectivity index is 1.03. The predicted octanol–water partition coefficient (Wildman–Crippen LogP) is 3.01. The molecule has 1 aliphatic heterocycles. The number of amides is 3. The third-order valence-corrected chi connectivity index (χ3v) is 8.60. The average Bonchev–Trinajstić information content (AvgIpc) is 2.82. The molecule has 0 spiro atoms. The molecule has 4 saturated carbocycles. The maximum Gasteiger partial charge on any atom is 0.242 e. The minimum Gasteiger partial charge on any atom is -0.347 e. The molecule has 3 amide bonds. The molecule has 4 bridgehead atoms. The van der Waals surface area contributed by atoms with E-state index in [4.69, 9.17) is 0 Å². The van der Waals surface area contributed by atoms with Crippen LogP contribution in [0, 0.1) is 23.2 Å². The molecule has 0 atom stereocenters. The van der Waals surface area contributed by atoms with Gasteiger partial charge in [0.2, 0.25) is 17.7 Å². The molecule has 1 aromatic carbocycles. The highest BCUT2D eigenvalue weighted by atomic mass is 16.2. The maximum absolute atomic E-state index is 13.1. The second-order valence-electron chi connectivity index (χ2n) is 11.0. The minimum atomic E-state index is -0.208. The number of hydrogen-bond acceptors (Lipinski definition) is 3. The van der Waals surface area contributed by atoms with E-state index in [-0.39, 0.29) is 29.7 Å². The summed E-state index contributed by atoms with van der Waals surface area (Å²) in [5, 5.41) is 3.00. The largest absolute Gasteiger partial charge is 0.347 e. The van der Waals surface area contributed by atoms with E-state index >= 15 is 0 Å². The Bertz CT molecular complexity index is 841. The number of aryl methyl sites for hydroxylation is 1. The Kier molecular flexibility index (Phi) is 6.44. The number of carbonyl (C=O) groups excluding carboxylic acids is 3. The van der Waals surface area contributed by atoms with Crippen LogP contribution in [0.15, 0.2) is 30.3 Å². The van der Waals surface area contributed by atoms with Crippen LogP contribution < -0.4 is 5.32 Å². The van der Waals surface area contributed by atoms with Crippen LogP contribution in [-0.4, -0.2) is 60.2 Å². The molecule has 33 heavy (non-hydrogen) atoms. The first-order valence-corrected chi connectivity index (χ1v) is 12.9. The predicted molar refractivity (Wildman–Crippen MR) is 126 cm³/mol. The molecule has 6 nitrogen and oxygen atoms in total. The van der Waals surface area contributed by atoms with Gasteiger partial charge in [0.05, 0.1) is 6.54 Å². The molecular weight excluding hydrogens is 414 g/mol. The van der Waals surface area contributed by atoms with E-state index in [1.807, 2.05) is 23.1 Å². The second kappa shape index (κ2) is 9.47. The molecule has 178 valence electrons. The smallest absolute Gasteiger partial charge is 0.242 e. The lowest BCUT2D eigenvalue weighted by Gasteiger charge is -2.55. The molecule has 6 heteroatoms. The van der Waals surface area contributed by atoms with Gasteiger partial charge in [-0.2, -0.15) is 0 Å². The first-order chi connectivity index (χ1) is 16.0. The van der Waals surface area contributed by atoms with Crippen LogP contribution >= 0.6 is 0 Å². The van der Waals surface area contributed by atoms with Crippen LogP contribution in [0.3, 0.4) is 0 Å². The van der Waals surface area contributed by atoms with Crippen LogP contribution in [0.4, 0.5) is 0 Å². The summed E-state index contributed by atoms with van der Waals surface area (Å²) < 4.78 is 0. The van der Waals surface area contributed by atoms with Gasteiger partial charge < -0.3 is 15.1 Å². The molecule has 1 N–H and O–H groups in total. The molecule has 0 aromatic heterocycles. The fourth-order valence-corrected chi connectivity index (χ4v) is 7.30. The first kappa shape index (κ1) is 22.4. The highest BCUT2D eigenvalue weighted by Crippen LogP contribution is 2.60. The van der Waals surface area contributed by atoms with Gasteiger partial charge in [-0.05, 0) is 74.7 Å². The van der Waals surface area contributed by atoms with E-state index in [2.05, 4.69) is 17.4 Å². The van der Waals surface area contributed by atoms with E-state index in [1.165, 1.54) is 24.8 Å². The summed E-state index contributed by atoms with van der Waals surface area (Å²) in [5.41, 5.74) is 1.05. The standard InChI is InChI=1S/C27H37N3O3/c31-24(8-4-7-20-5-2-1-3-6-20)29-9-11-30(12-10-29)25(32)19-28-26(33)27-16-21-13-22(17-27)15-23(14-21)18-27/h1-3,5-6,21-23H,4,7-19H2,(H,28,33). The van der Waals surface area contributed by atoms with E-state index in [1.54, 1.807) is 4.90 Å². The van der Waals surface area contributed by atoms with Gasteiger partial charge in [-0.25, -0.2) is 0 Å². The van der Waals surface area contributed by atoms with Crippen LogP contribution in [0.5, 0.6) is 0 Å². The van der Waals surface area contributed by atoms with Gasteiger partial charge in [0.25, 0.3) is 0 Å². The van der Waals surface area contributed by atoms with Crippen molar-refractivity contribution in [1.82, 2.24) is 15.1 Å². The molecular formula is C27H37N3O3. The number of benzene rings is 1. The number of nitrogens with zero attached hydrogens (tertiary/aromatic N) is 2. The normalized spacial score (nSPS) is 30.4. The van der Waals surface area contributed by atoms with E-state index in [9.17, 15) is 14.4 Å². The lowest BCUT2D eigenvalue weighted by Crippen LogP contribution is -2.56. The monoisotopic (exact) mass is 451 g/mol. The minimum absolute atomic E-state index is 0.0238. The van der Waals surface area contributed by atoms with Gasteiger partial charge in [0.15, 0.2) is 0 Å². The van der Waals surface area contributed by atoms with Gasteiger partial charge in [0, 0.05) is 38.0 Å². The highest BCUT2D eigenvalue weighted by Gasteiger charge is 2.54. The summed E-state index contributed by atoms with van der Waals surface area (Å²) in [5.74, 6) is 2.42. The molecule has 5 aliphatic rings. The fraction of sp³-hybridized carbons (Fsp3) is 0.667. The van der Waals surface area contributed by atoms with Crippen molar-refractivity contribution in [2.45, 2.75) is 57.8 Å². The van der Waals surface area contributed by atoms with Crippen LogP contribution in [0.1, 0.15) is 56.9 Å². The maximum atomic E-state index is 13.1. The van der Waals surface area contributed by atoms with Crippen molar-refractivity contribution < 1.29 is 14.4 Å². The molecule has 0 unspecified atom stereocenters. The summed E-state index contributed by atoms with van der Waals surface area (Å²) in [6.07, 6.45) is 9.27. The summed E-state index contributed by atoms with van der Waals surface area (Å²) in [4.78, 5) is 42.1. The SMILES string of the molecule is O=C(CCCc1ccccc1)N1CCN(C(=O)CNC(=O)C23CC4CC(CC(C4)C2)C3)CC1. The molecule has 6 rings (SSSR count).